The molecule has 70 valence electrons. The normalized spacial score (nSPS) is 21.3. The van der Waals surface area contributed by atoms with Gasteiger partial charge in [0.1, 0.15) is 0 Å². The molecule has 0 saturated carbocycles. The summed E-state index contributed by atoms with van der Waals surface area (Å²) < 4.78 is 5.51. The smallest absolute Gasteiger partial charge is 0.0835 e. The van der Waals surface area contributed by atoms with E-state index in [9.17, 15) is 0 Å². The Kier molecular flexibility index (Phi) is 5.00. The van der Waals surface area contributed by atoms with Crippen molar-refractivity contribution in [2.75, 3.05) is 19.7 Å². The minimum atomic E-state index is 0.344. The van der Waals surface area contributed by atoms with Crippen molar-refractivity contribution in [3.8, 4) is 0 Å². The maximum Gasteiger partial charge on any atom is 0.0835 e. The molecule has 0 aliphatic carbocycles. The fourth-order valence-corrected chi connectivity index (χ4v) is 1.32. The van der Waals surface area contributed by atoms with Crippen LogP contribution in [0.4, 0.5) is 0 Å². The summed E-state index contributed by atoms with van der Waals surface area (Å²) in [6, 6.07) is 0. The van der Waals surface area contributed by atoms with E-state index in [0.717, 1.165) is 25.9 Å². The highest BCUT2D eigenvalue weighted by Gasteiger charge is 2.12. The molecule has 1 heterocycles. The third-order valence-corrected chi connectivity index (χ3v) is 2.45. The summed E-state index contributed by atoms with van der Waals surface area (Å²) in [7, 11) is 0. The van der Waals surface area contributed by atoms with Crippen molar-refractivity contribution in [2.45, 2.75) is 18.9 Å². The van der Waals surface area contributed by atoms with Crippen LogP contribution in [0.1, 0.15) is 12.8 Å². The Balaban J connectivity index is 2.13. The van der Waals surface area contributed by atoms with Gasteiger partial charge in [0.25, 0.3) is 0 Å². The first-order valence-electron chi connectivity index (χ1n) is 4.10. The summed E-state index contributed by atoms with van der Waals surface area (Å²) in [5.74, 6) is 0. The van der Waals surface area contributed by atoms with Crippen LogP contribution < -0.4 is 5.32 Å². The van der Waals surface area contributed by atoms with Gasteiger partial charge in [0.15, 0.2) is 0 Å². The lowest BCUT2D eigenvalue weighted by Crippen LogP contribution is -2.32. The molecule has 1 aliphatic heterocycles. The third-order valence-electron chi connectivity index (χ3n) is 1.86. The van der Waals surface area contributed by atoms with Crippen molar-refractivity contribution in [3.05, 3.63) is 10.6 Å². The van der Waals surface area contributed by atoms with Crippen LogP contribution >= 0.6 is 23.2 Å². The van der Waals surface area contributed by atoms with E-state index in [-0.39, 0.29) is 0 Å². The Morgan fingerprint density at radius 2 is 2.17 bits per heavy atom. The molecule has 0 atom stereocenters. The predicted octanol–water partition coefficient (Wildman–Crippen LogP) is 2.07. The number of hydrogen-bond acceptors (Lipinski definition) is 2. The van der Waals surface area contributed by atoms with Crippen LogP contribution in [-0.2, 0) is 4.74 Å². The molecule has 0 radical (unpaired) electrons. The van der Waals surface area contributed by atoms with Crippen LogP contribution in [0, 0.1) is 0 Å². The van der Waals surface area contributed by atoms with Gasteiger partial charge in [-0.1, -0.05) is 23.2 Å². The van der Waals surface area contributed by atoms with Gasteiger partial charge in [0.2, 0.25) is 0 Å². The second-order valence-corrected chi connectivity index (χ2v) is 3.52. The van der Waals surface area contributed by atoms with Crippen molar-refractivity contribution in [1.29, 1.82) is 0 Å². The molecular formula is C8H13Cl2NO. The van der Waals surface area contributed by atoms with Gasteiger partial charge in [0.05, 0.1) is 17.7 Å². The molecule has 1 rings (SSSR count). The average Bonchev–Trinajstić information content (AvgIpc) is 2.16. The molecule has 0 aromatic carbocycles. The van der Waals surface area contributed by atoms with E-state index in [1.54, 1.807) is 0 Å². The van der Waals surface area contributed by atoms with E-state index in [4.69, 9.17) is 27.9 Å². The topological polar surface area (TPSA) is 21.3 Å². The maximum atomic E-state index is 5.67. The van der Waals surface area contributed by atoms with Gasteiger partial charge >= 0.3 is 0 Å². The van der Waals surface area contributed by atoms with Gasteiger partial charge in [-0.2, -0.15) is 0 Å². The number of hydrogen-bond donors (Lipinski definition) is 1. The molecule has 4 heteroatoms. The van der Waals surface area contributed by atoms with Crippen LogP contribution in [0.25, 0.3) is 0 Å². The first-order valence-corrected chi connectivity index (χ1v) is 4.91. The van der Waals surface area contributed by atoms with E-state index >= 15 is 0 Å². The molecule has 0 bridgehead atoms. The Labute approximate surface area is 82.9 Å². The van der Waals surface area contributed by atoms with Crippen molar-refractivity contribution < 1.29 is 4.74 Å². The number of ether oxygens (including phenoxy) is 1. The lowest BCUT2D eigenvalue weighted by Gasteiger charge is -2.22. The van der Waals surface area contributed by atoms with Gasteiger partial charge in [-0.05, 0) is 25.9 Å². The van der Waals surface area contributed by atoms with Crippen LogP contribution in [-0.4, -0.2) is 25.8 Å². The largest absolute Gasteiger partial charge is 0.372 e. The van der Waals surface area contributed by atoms with Crippen molar-refractivity contribution >= 4 is 23.2 Å². The summed E-state index contributed by atoms with van der Waals surface area (Å²) in [6.45, 7) is 2.51. The second-order valence-electron chi connectivity index (χ2n) is 2.82. The molecule has 0 aromatic heterocycles. The number of rotatable bonds is 3. The average molecular weight is 210 g/mol. The van der Waals surface area contributed by atoms with E-state index in [1.807, 2.05) is 0 Å². The summed E-state index contributed by atoms with van der Waals surface area (Å²) in [6.07, 6.45) is 2.47. The Morgan fingerprint density at radius 3 is 2.75 bits per heavy atom. The Bertz CT molecular complexity index is 155. The molecule has 1 aliphatic rings. The number of piperidine rings is 1. The molecule has 0 unspecified atom stereocenters. The minimum absolute atomic E-state index is 0.344. The van der Waals surface area contributed by atoms with Crippen LogP contribution in [0.5, 0.6) is 0 Å². The second kappa shape index (κ2) is 5.81. The fraction of sp³-hybridized carbons (Fsp3) is 0.750. The van der Waals surface area contributed by atoms with E-state index in [1.165, 1.54) is 5.54 Å². The van der Waals surface area contributed by atoms with Crippen molar-refractivity contribution in [3.63, 3.8) is 0 Å². The van der Waals surface area contributed by atoms with E-state index < -0.39 is 0 Å². The maximum absolute atomic E-state index is 5.67. The molecular weight excluding hydrogens is 197 g/mol. The zero-order chi connectivity index (χ0) is 8.81. The molecule has 1 N–H and O–H groups in total. The van der Waals surface area contributed by atoms with Gasteiger partial charge in [-0.3, -0.25) is 0 Å². The first-order chi connectivity index (χ1) is 5.83. The third kappa shape index (κ3) is 3.76. The monoisotopic (exact) mass is 209 g/mol. The van der Waals surface area contributed by atoms with E-state index in [0.29, 0.717) is 17.7 Å². The van der Waals surface area contributed by atoms with E-state index in [2.05, 4.69) is 5.32 Å². The summed E-state index contributed by atoms with van der Waals surface area (Å²) in [5.41, 5.74) is 1.35. The lowest BCUT2D eigenvalue weighted by atomic mass is 10.1. The zero-order valence-electron chi connectivity index (χ0n) is 6.85. The highest BCUT2D eigenvalue weighted by molar-refractivity contribution is 6.36. The highest BCUT2D eigenvalue weighted by Crippen LogP contribution is 2.11. The Hall–Kier alpha value is 0.240. The van der Waals surface area contributed by atoms with Gasteiger partial charge in [-0.15, -0.1) is 0 Å². The van der Waals surface area contributed by atoms with Crippen molar-refractivity contribution in [1.82, 2.24) is 5.32 Å². The first kappa shape index (κ1) is 10.3. The molecule has 1 saturated heterocycles. The number of nitrogens with one attached hydrogen (secondary N) is 1. The zero-order valence-corrected chi connectivity index (χ0v) is 8.37. The van der Waals surface area contributed by atoms with Gasteiger partial charge in [0, 0.05) is 5.54 Å². The van der Waals surface area contributed by atoms with Crippen molar-refractivity contribution in [2.24, 2.45) is 0 Å². The van der Waals surface area contributed by atoms with Crippen LogP contribution in [0.2, 0.25) is 0 Å². The molecule has 1 fully saturated rings. The summed E-state index contributed by atoms with van der Waals surface area (Å²) >= 11 is 11.1. The minimum Gasteiger partial charge on any atom is -0.372 e. The standard InChI is InChI=1S/C8H13Cl2NO/c9-5-7(10)6-12-8-1-3-11-4-2-8/h5,8,11H,1-4,6H2. The highest BCUT2D eigenvalue weighted by atomic mass is 35.5. The van der Waals surface area contributed by atoms with Crippen LogP contribution in [0.3, 0.4) is 0 Å². The van der Waals surface area contributed by atoms with Gasteiger partial charge in [-0.25, -0.2) is 0 Å². The molecule has 0 amide bonds. The van der Waals surface area contributed by atoms with Crippen LogP contribution in [0.15, 0.2) is 10.6 Å². The quantitative estimate of drug-likeness (QED) is 0.769. The predicted molar refractivity (Wildman–Crippen MR) is 51.6 cm³/mol. The molecule has 12 heavy (non-hydrogen) atoms. The summed E-state index contributed by atoms with van der Waals surface area (Å²) in [5, 5.41) is 3.83. The number of halogens is 2. The molecule has 2 nitrogen and oxygen atoms in total. The molecule has 0 spiro atoms. The fourth-order valence-electron chi connectivity index (χ4n) is 1.19. The Morgan fingerprint density at radius 1 is 1.50 bits per heavy atom. The lowest BCUT2D eigenvalue weighted by molar-refractivity contribution is 0.0500. The molecule has 0 aromatic rings. The summed E-state index contributed by atoms with van der Waals surface area (Å²) in [4.78, 5) is 0. The SMILES string of the molecule is ClC=C(Cl)COC1CCNCC1. The van der Waals surface area contributed by atoms with Gasteiger partial charge < -0.3 is 10.1 Å².